The Hall–Kier alpha value is -1.52. The summed E-state index contributed by atoms with van der Waals surface area (Å²) in [5, 5.41) is 7.40. The van der Waals surface area contributed by atoms with E-state index in [0.29, 0.717) is 11.7 Å². The summed E-state index contributed by atoms with van der Waals surface area (Å²) in [5.74, 6) is 0.969. The molecule has 5 heteroatoms. The fourth-order valence-corrected chi connectivity index (χ4v) is 2.67. The summed E-state index contributed by atoms with van der Waals surface area (Å²) in [6, 6.07) is 6.03. The number of hydrogen-bond donors (Lipinski definition) is 2. The maximum Gasteiger partial charge on any atom is 0.126 e. The molecule has 1 fully saturated rings. The van der Waals surface area contributed by atoms with Crippen LogP contribution in [0.1, 0.15) is 17.9 Å². The van der Waals surface area contributed by atoms with Crippen molar-refractivity contribution in [3.63, 3.8) is 0 Å². The highest BCUT2D eigenvalue weighted by atomic mass is 35.5. The molecule has 0 saturated carbocycles. The van der Waals surface area contributed by atoms with Crippen LogP contribution in [0.5, 0.6) is 0 Å². The van der Waals surface area contributed by atoms with E-state index in [1.54, 1.807) is 6.20 Å². The first-order valence-electron chi connectivity index (χ1n) is 5.92. The number of hydrogen-bond acceptors (Lipinski definition) is 3. The van der Waals surface area contributed by atoms with Crippen LogP contribution in [0.25, 0.3) is 11.1 Å². The Morgan fingerprint density at radius 1 is 1.44 bits per heavy atom. The highest BCUT2D eigenvalue weighted by Crippen LogP contribution is 2.34. The molecule has 1 saturated heterocycles. The monoisotopic (exact) mass is 263 g/mol. The Bertz CT molecular complexity index is 561. The molecular weight excluding hydrogens is 250 g/mol. The minimum atomic E-state index is 0.410. The van der Waals surface area contributed by atoms with E-state index in [-0.39, 0.29) is 0 Å². The van der Waals surface area contributed by atoms with Gasteiger partial charge in [-0.3, -0.25) is 5.10 Å². The first kappa shape index (κ1) is 11.6. The summed E-state index contributed by atoms with van der Waals surface area (Å²) >= 11 is 6.35. The number of nitrogen functional groups attached to an aromatic ring is 1. The molecular formula is C13H14ClN3O. The number of rotatable bonds is 2. The average Bonchev–Trinajstić information content (AvgIpc) is 2.99. The van der Waals surface area contributed by atoms with Crippen LogP contribution in [0.4, 0.5) is 5.82 Å². The summed E-state index contributed by atoms with van der Waals surface area (Å²) in [7, 11) is 0. The van der Waals surface area contributed by atoms with Gasteiger partial charge in [-0.1, -0.05) is 23.7 Å². The fraction of sp³-hybridized carbons (Fsp3) is 0.308. The molecule has 0 amide bonds. The van der Waals surface area contributed by atoms with Gasteiger partial charge in [0.15, 0.2) is 0 Å². The van der Waals surface area contributed by atoms with E-state index >= 15 is 0 Å². The summed E-state index contributed by atoms with van der Waals surface area (Å²) in [5.41, 5.74) is 8.82. The van der Waals surface area contributed by atoms with Crippen molar-refractivity contribution >= 4 is 17.4 Å². The predicted octanol–water partition coefficient (Wildman–Crippen LogP) is 2.82. The quantitative estimate of drug-likeness (QED) is 0.876. The zero-order valence-electron chi connectivity index (χ0n) is 9.82. The molecule has 1 aromatic carbocycles. The Morgan fingerprint density at radius 3 is 2.94 bits per heavy atom. The number of nitrogens with one attached hydrogen (secondary N) is 1. The third kappa shape index (κ3) is 1.98. The number of nitrogens with two attached hydrogens (primary N) is 1. The average molecular weight is 264 g/mol. The van der Waals surface area contributed by atoms with Gasteiger partial charge in [-0.15, -0.1) is 0 Å². The van der Waals surface area contributed by atoms with Crippen molar-refractivity contribution in [1.82, 2.24) is 10.2 Å². The third-order valence-corrected chi connectivity index (χ3v) is 3.68. The Balaban J connectivity index is 1.96. The van der Waals surface area contributed by atoms with Gasteiger partial charge in [0.1, 0.15) is 5.82 Å². The molecule has 3 rings (SSSR count). The lowest BCUT2D eigenvalue weighted by molar-refractivity contribution is 0.194. The second kappa shape index (κ2) is 4.63. The zero-order valence-corrected chi connectivity index (χ0v) is 10.6. The second-order valence-corrected chi connectivity index (χ2v) is 4.90. The maximum atomic E-state index is 6.35. The van der Waals surface area contributed by atoms with Crippen molar-refractivity contribution in [3.05, 3.63) is 35.0 Å². The fourth-order valence-electron chi connectivity index (χ4n) is 2.33. The Kier molecular flexibility index (Phi) is 2.97. The van der Waals surface area contributed by atoms with Crippen LogP contribution in [0.2, 0.25) is 5.02 Å². The number of ether oxygens (including phenoxy) is 1. The first-order valence-corrected chi connectivity index (χ1v) is 6.30. The van der Waals surface area contributed by atoms with Crippen LogP contribution in [0.15, 0.2) is 24.4 Å². The number of anilines is 1. The van der Waals surface area contributed by atoms with Gasteiger partial charge in [-0.2, -0.15) is 5.10 Å². The van der Waals surface area contributed by atoms with Crippen LogP contribution in [0.3, 0.4) is 0 Å². The minimum Gasteiger partial charge on any atom is -0.384 e. The summed E-state index contributed by atoms with van der Waals surface area (Å²) in [6.07, 6.45) is 2.74. The second-order valence-electron chi connectivity index (χ2n) is 4.49. The van der Waals surface area contributed by atoms with E-state index in [1.807, 2.05) is 12.1 Å². The molecule has 0 radical (unpaired) electrons. The smallest absolute Gasteiger partial charge is 0.126 e. The van der Waals surface area contributed by atoms with Crippen LogP contribution in [-0.2, 0) is 4.74 Å². The van der Waals surface area contributed by atoms with E-state index < -0.39 is 0 Å². The van der Waals surface area contributed by atoms with Crippen molar-refractivity contribution in [2.24, 2.45) is 0 Å². The number of nitrogens with zero attached hydrogens (tertiary/aromatic N) is 1. The third-order valence-electron chi connectivity index (χ3n) is 3.35. The summed E-state index contributed by atoms with van der Waals surface area (Å²) < 4.78 is 5.39. The minimum absolute atomic E-state index is 0.410. The van der Waals surface area contributed by atoms with Crippen LogP contribution >= 0.6 is 11.6 Å². The lowest BCUT2D eigenvalue weighted by Crippen LogP contribution is -1.98. The van der Waals surface area contributed by atoms with Crippen molar-refractivity contribution in [2.75, 3.05) is 18.9 Å². The van der Waals surface area contributed by atoms with E-state index in [9.17, 15) is 0 Å². The zero-order chi connectivity index (χ0) is 12.5. The molecule has 18 heavy (non-hydrogen) atoms. The Morgan fingerprint density at radius 2 is 2.33 bits per heavy atom. The molecule has 1 atom stereocenters. The highest BCUT2D eigenvalue weighted by Gasteiger charge is 2.20. The largest absolute Gasteiger partial charge is 0.384 e. The van der Waals surface area contributed by atoms with Crippen molar-refractivity contribution < 1.29 is 4.74 Å². The van der Waals surface area contributed by atoms with Gasteiger partial charge in [0, 0.05) is 23.1 Å². The molecule has 0 bridgehead atoms. The van der Waals surface area contributed by atoms with E-state index in [0.717, 1.165) is 41.3 Å². The van der Waals surface area contributed by atoms with Crippen molar-refractivity contribution in [2.45, 2.75) is 12.3 Å². The number of aromatic nitrogens is 2. The normalized spacial score (nSPS) is 19.3. The molecule has 3 N–H and O–H groups in total. The molecule has 2 aromatic rings. The van der Waals surface area contributed by atoms with E-state index in [1.165, 1.54) is 0 Å². The first-order chi connectivity index (χ1) is 8.75. The number of halogens is 1. The van der Waals surface area contributed by atoms with Crippen LogP contribution < -0.4 is 5.73 Å². The van der Waals surface area contributed by atoms with Crippen LogP contribution in [0, 0.1) is 0 Å². The maximum absolute atomic E-state index is 6.35. The lowest BCUT2D eigenvalue weighted by Gasteiger charge is -2.11. The van der Waals surface area contributed by atoms with E-state index in [2.05, 4.69) is 16.3 Å². The molecule has 1 aliphatic heterocycles. The van der Waals surface area contributed by atoms with Gasteiger partial charge in [-0.25, -0.2) is 0 Å². The molecule has 0 spiro atoms. The SMILES string of the molecule is Nc1[nH]ncc1-c1ccc(C2CCOC2)c(Cl)c1. The number of H-pyrrole nitrogens is 1. The molecule has 1 aliphatic rings. The van der Waals surface area contributed by atoms with Gasteiger partial charge in [0.05, 0.1) is 12.8 Å². The standard InChI is InChI=1S/C13H14ClN3O/c14-12-5-8(11-6-16-17-13(11)15)1-2-10(12)9-3-4-18-7-9/h1-2,5-6,9H,3-4,7H2,(H3,15,16,17). The van der Waals surface area contributed by atoms with Gasteiger partial charge in [0.25, 0.3) is 0 Å². The lowest BCUT2D eigenvalue weighted by atomic mass is 9.96. The topological polar surface area (TPSA) is 63.9 Å². The van der Waals surface area contributed by atoms with Gasteiger partial charge in [-0.05, 0) is 23.6 Å². The van der Waals surface area contributed by atoms with Crippen molar-refractivity contribution in [3.8, 4) is 11.1 Å². The molecule has 1 aromatic heterocycles. The molecule has 94 valence electrons. The molecule has 1 unspecified atom stereocenters. The van der Waals surface area contributed by atoms with Gasteiger partial charge < -0.3 is 10.5 Å². The van der Waals surface area contributed by atoms with Gasteiger partial charge in [0.2, 0.25) is 0 Å². The van der Waals surface area contributed by atoms with Crippen LogP contribution in [-0.4, -0.2) is 23.4 Å². The van der Waals surface area contributed by atoms with Crippen molar-refractivity contribution in [1.29, 1.82) is 0 Å². The molecule has 2 heterocycles. The number of aromatic amines is 1. The Labute approximate surface area is 110 Å². The summed E-state index contributed by atoms with van der Waals surface area (Å²) in [4.78, 5) is 0. The van der Waals surface area contributed by atoms with Gasteiger partial charge >= 0.3 is 0 Å². The predicted molar refractivity (Wildman–Crippen MR) is 71.6 cm³/mol. The molecule has 0 aliphatic carbocycles. The van der Waals surface area contributed by atoms with E-state index in [4.69, 9.17) is 22.1 Å². The number of benzene rings is 1. The summed E-state index contributed by atoms with van der Waals surface area (Å²) in [6.45, 7) is 1.57. The molecule has 4 nitrogen and oxygen atoms in total. The highest BCUT2D eigenvalue weighted by molar-refractivity contribution is 6.31.